The summed E-state index contributed by atoms with van der Waals surface area (Å²) in [6.07, 6.45) is 5.98. The number of piperidine rings is 1. The van der Waals surface area contributed by atoms with E-state index in [0.29, 0.717) is 20.8 Å². The summed E-state index contributed by atoms with van der Waals surface area (Å²) < 4.78 is 5.56. The molecule has 4 rings (SSSR count). The Morgan fingerprint density at radius 2 is 1.97 bits per heavy atom. The molecule has 8 nitrogen and oxygen atoms in total. The summed E-state index contributed by atoms with van der Waals surface area (Å²) in [5.74, 6) is 1.37. The van der Waals surface area contributed by atoms with E-state index in [9.17, 15) is 0 Å². The van der Waals surface area contributed by atoms with Crippen molar-refractivity contribution in [2.24, 2.45) is 11.1 Å². The number of hydrogen-bond donors (Lipinski definition) is 3. The predicted octanol–water partition coefficient (Wildman–Crippen LogP) is 3.22. The van der Waals surface area contributed by atoms with Gasteiger partial charge in [-0.3, -0.25) is 0 Å². The molecule has 1 aliphatic heterocycles. The SMILES string of the molecule is CO[C@H]1C[C@@H](N)C2(CCN(c3cnc(Sc4cc(N)nc(Cl)c4Cl)c(N)n3)CC2)C1. The number of anilines is 3. The first kappa shape index (κ1) is 21.7. The van der Waals surface area contributed by atoms with Gasteiger partial charge in [-0.2, -0.15) is 0 Å². The van der Waals surface area contributed by atoms with E-state index in [1.807, 2.05) is 0 Å². The molecule has 0 amide bonds. The number of hydrogen-bond acceptors (Lipinski definition) is 9. The van der Waals surface area contributed by atoms with Crippen LogP contribution in [0.1, 0.15) is 25.7 Å². The molecule has 2 aliphatic rings. The van der Waals surface area contributed by atoms with Crippen molar-refractivity contribution in [1.82, 2.24) is 15.0 Å². The molecule has 1 aliphatic carbocycles. The van der Waals surface area contributed by atoms with E-state index in [1.54, 1.807) is 19.4 Å². The molecule has 0 unspecified atom stereocenters. The van der Waals surface area contributed by atoms with Crippen molar-refractivity contribution in [1.29, 1.82) is 0 Å². The van der Waals surface area contributed by atoms with Gasteiger partial charge in [0, 0.05) is 31.1 Å². The van der Waals surface area contributed by atoms with E-state index in [2.05, 4.69) is 19.9 Å². The van der Waals surface area contributed by atoms with Crippen molar-refractivity contribution in [3.8, 4) is 0 Å². The average Bonchev–Trinajstić information content (AvgIpc) is 3.03. The van der Waals surface area contributed by atoms with Crippen LogP contribution in [0.15, 0.2) is 22.2 Å². The van der Waals surface area contributed by atoms with Gasteiger partial charge in [0.1, 0.15) is 16.7 Å². The van der Waals surface area contributed by atoms with Gasteiger partial charge in [0.05, 0.1) is 17.3 Å². The molecular weight excluding hydrogens is 445 g/mol. The van der Waals surface area contributed by atoms with E-state index < -0.39 is 0 Å². The minimum absolute atomic E-state index is 0.144. The minimum atomic E-state index is 0.144. The Morgan fingerprint density at radius 3 is 2.60 bits per heavy atom. The highest BCUT2D eigenvalue weighted by molar-refractivity contribution is 7.99. The van der Waals surface area contributed by atoms with Gasteiger partial charge < -0.3 is 26.8 Å². The van der Waals surface area contributed by atoms with E-state index in [-0.39, 0.29) is 28.5 Å². The monoisotopic (exact) mass is 469 g/mol. The first-order valence-electron chi connectivity index (χ1n) is 9.76. The maximum Gasteiger partial charge on any atom is 0.158 e. The number of nitrogens with zero attached hydrogens (tertiary/aromatic N) is 4. The molecule has 2 aromatic rings. The maximum absolute atomic E-state index is 6.46. The quantitative estimate of drug-likeness (QED) is 0.577. The van der Waals surface area contributed by atoms with Crippen molar-refractivity contribution >= 4 is 52.4 Å². The summed E-state index contributed by atoms with van der Waals surface area (Å²) >= 11 is 13.5. The van der Waals surface area contributed by atoms with Crippen LogP contribution in [-0.2, 0) is 4.74 Å². The van der Waals surface area contributed by atoms with Crippen molar-refractivity contribution in [2.75, 3.05) is 36.6 Å². The Bertz CT molecular complexity index is 939. The number of halogens is 2. The second-order valence-electron chi connectivity index (χ2n) is 7.92. The molecule has 0 bridgehead atoms. The fourth-order valence-electron chi connectivity index (χ4n) is 4.44. The number of nitrogens with two attached hydrogens (primary N) is 3. The van der Waals surface area contributed by atoms with Crippen molar-refractivity contribution < 1.29 is 4.74 Å². The topological polar surface area (TPSA) is 129 Å². The molecular formula is C19H25Cl2N7OS. The summed E-state index contributed by atoms with van der Waals surface area (Å²) in [5, 5.41) is 0.992. The number of pyridine rings is 1. The molecule has 11 heteroatoms. The van der Waals surface area contributed by atoms with Crippen LogP contribution < -0.4 is 22.1 Å². The lowest BCUT2D eigenvalue weighted by Crippen LogP contribution is -2.47. The number of rotatable bonds is 4. The van der Waals surface area contributed by atoms with Gasteiger partial charge in [0.25, 0.3) is 0 Å². The van der Waals surface area contributed by atoms with Gasteiger partial charge in [-0.25, -0.2) is 15.0 Å². The number of aromatic nitrogens is 3. The second kappa shape index (κ2) is 8.55. The number of nitrogen functional groups attached to an aromatic ring is 2. The molecule has 0 aromatic carbocycles. The lowest BCUT2D eigenvalue weighted by atomic mass is 9.74. The molecule has 1 spiro atoms. The highest BCUT2D eigenvalue weighted by atomic mass is 35.5. The summed E-state index contributed by atoms with van der Waals surface area (Å²) in [6, 6.07) is 1.82. The van der Waals surface area contributed by atoms with Crippen molar-refractivity contribution in [3.05, 3.63) is 22.4 Å². The van der Waals surface area contributed by atoms with Gasteiger partial charge in [0.15, 0.2) is 11.0 Å². The van der Waals surface area contributed by atoms with Gasteiger partial charge in [-0.1, -0.05) is 35.0 Å². The highest BCUT2D eigenvalue weighted by Gasteiger charge is 2.47. The van der Waals surface area contributed by atoms with E-state index >= 15 is 0 Å². The third-order valence-corrected chi connectivity index (χ3v) is 8.13. The number of methoxy groups -OCH3 is 1. The van der Waals surface area contributed by atoms with Crippen LogP contribution in [0.25, 0.3) is 0 Å². The van der Waals surface area contributed by atoms with Crippen LogP contribution >= 0.6 is 35.0 Å². The lowest BCUT2D eigenvalue weighted by molar-refractivity contribution is 0.0891. The third kappa shape index (κ3) is 4.13. The van der Waals surface area contributed by atoms with E-state index in [1.165, 1.54) is 11.8 Å². The molecule has 2 atom stereocenters. The van der Waals surface area contributed by atoms with Crippen LogP contribution in [0.3, 0.4) is 0 Å². The zero-order valence-corrected chi connectivity index (χ0v) is 19.0. The first-order chi connectivity index (χ1) is 14.3. The summed E-state index contributed by atoms with van der Waals surface area (Å²) in [4.78, 5) is 15.8. The lowest BCUT2D eigenvalue weighted by Gasteiger charge is -2.42. The second-order valence-corrected chi connectivity index (χ2v) is 9.69. The van der Waals surface area contributed by atoms with Gasteiger partial charge >= 0.3 is 0 Å². The van der Waals surface area contributed by atoms with Crippen LogP contribution in [0.4, 0.5) is 17.5 Å². The molecule has 1 saturated heterocycles. The fraction of sp³-hybridized carbons (Fsp3) is 0.526. The number of ether oxygens (including phenoxy) is 1. The molecule has 0 radical (unpaired) electrons. The highest BCUT2D eigenvalue weighted by Crippen LogP contribution is 2.47. The standard InChI is InChI=1S/C19H25Cl2N7OS/c1-29-10-6-12(22)19(8-10)2-4-28(5-3-19)14-9-25-18(17(24)27-14)30-11-7-13(23)26-16(21)15(11)20/h7,9-10,12H,2-6,8,22H2,1H3,(H2,23,26)(H2,24,27)/t10-,12+/m0/s1. The average molecular weight is 470 g/mol. The van der Waals surface area contributed by atoms with Crippen LogP contribution in [0, 0.1) is 5.41 Å². The van der Waals surface area contributed by atoms with Crippen LogP contribution in [0.2, 0.25) is 10.2 Å². The Kier molecular flexibility index (Phi) is 6.18. The maximum atomic E-state index is 6.46. The summed E-state index contributed by atoms with van der Waals surface area (Å²) in [6.45, 7) is 1.74. The minimum Gasteiger partial charge on any atom is -0.384 e. The summed E-state index contributed by atoms with van der Waals surface area (Å²) in [5.41, 5.74) is 18.6. The molecule has 3 heterocycles. The van der Waals surface area contributed by atoms with Crippen LogP contribution in [-0.4, -0.2) is 47.3 Å². The zero-order valence-electron chi connectivity index (χ0n) is 16.6. The van der Waals surface area contributed by atoms with E-state index in [4.69, 9.17) is 45.1 Å². The van der Waals surface area contributed by atoms with Crippen molar-refractivity contribution in [2.45, 2.75) is 47.8 Å². The Balaban J connectivity index is 1.46. The molecule has 2 aromatic heterocycles. The smallest absolute Gasteiger partial charge is 0.158 e. The third-order valence-electron chi connectivity index (χ3n) is 6.22. The van der Waals surface area contributed by atoms with Crippen LogP contribution in [0.5, 0.6) is 0 Å². The molecule has 162 valence electrons. The Labute approximate surface area is 189 Å². The Morgan fingerprint density at radius 1 is 1.23 bits per heavy atom. The fourth-order valence-corrected chi connectivity index (χ4v) is 5.74. The zero-order chi connectivity index (χ0) is 21.5. The predicted molar refractivity (Wildman–Crippen MR) is 121 cm³/mol. The Hall–Kier alpha value is -1.52. The summed E-state index contributed by atoms with van der Waals surface area (Å²) in [7, 11) is 1.77. The normalized spacial score (nSPS) is 23.3. The van der Waals surface area contributed by atoms with Crippen molar-refractivity contribution in [3.63, 3.8) is 0 Å². The first-order valence-corrected chi connectivity index (χ1v) is 11.3. The van der Waals surface area contributed by atoms with Gasteiger partial charge in [0.2, 0.25) is 0 Å². The van der Waals surface area contributed by atoms with E-state index in [0.717, 1.165) is 44.6 Å². The largest absolute Gasteiger partial charge is 0.384 e. The molecule has 1 saturated carbocycles. The van der Waals surface area contributed by atoms with Gasteiger partial charge in [-0.05, 0) is 37.2 Å². The van der Waals surface area contributed by atoms with Gasteiger partial charge in [-0.15, -0.1) is 0 Å². The molecule has 2 fully saturated rings. The molecule has 30 heavy (non-hydrogen) atoms. The molecule has 6 N–H and O–H groups in total.